The van der Waals surface area contributed by atoms with Gasteiger partial charge in [0.15, 0.2) is 0 Å². The summed E-state index contributed by atoms with van der Waals surface area (Å²) in [5, 5.41) is 6.62. The molecular formula is C19H27ClF2N4. The summed E-state index contributed by atoms with van der Waals surface area (Å²) in [4.78, 5) is 4.94. The maximum Gasteiger partial charge on any atom is 0.255 e. The molecule has 0 bridgehead atoms. The van der Waals surface area contributed by atoms with E-state index in [0.717, 1.165) is 18.8 Å². The van der Waals surface area contributed by atoms with Crippen LogP contribution in [-0.2, 0) is 0 Å². The molecule has 3 rings (SSSR count). The van der Waals surface area contributed by atoms with Crippen LogP contribution in [0.2, 0.25) is 5.02 Å². The number of rotatable bonds is 7. The summed E-state index contributed by atoms with van der Waals surface area (Å²) in [6, 6.07) is 6.72. The molecule has 2 aliphatic heterocycles. The van der Waals surface area contributed by atoms with Gasteiger partial charge in [-0.2, -0.15) is 0 Å². The predicted molar refractivity (Wildman–Crippen MR) is 104 cm³/mol. The summed E-state index contributed by atoms with van der Waals surface area (Å²) < 4.78 is 24.6. The minimum absolute atomic E-state index is 0.416. The fourth-order valence-electron chi connectivity index (χ4n) is 3.64. The first-order valence-corrected chi connectivity index (χ1v) is 9.50. The molecule has 0 atom stereocenters. The van der Waals surface area contributed by atoms with Crippen LogP contribution < -0.4 is 10.6 Å². The van der Waals surface area contributed by atoms with E-state index in [9.17, 15) is 8.78 Å². The highest BCUT2D eigenvalue weighted by molar-refractivity contribution is 6.32. The first-order valence-electron chi connectivity index (χ1n) is 9.12. The average Bonchev–Trinajstić information content (AvgIpc) is 2.57. The van der Waals surface area contributed by atoms with E-state index >= 15 is 0 Å². The van der Waals surface area contributed by atoms with Gasteiger partial charge in [-0.3, -0.25) is 4.90 Å². The van der Waals surface area contributed by atoms with Crippen molar-refractivity contribution in [2.75, 3.05) is 45.1 Å². The maximum absolute atomic E-state index is 12.3. The van der Waals surface area contributed by atoms with E-state index in [4.69, 9.17) is 11.6 Å². The number of likely N-dealkylation sites (tertiary alicyclic amines) is 2. The summed E-state index contributed by atoms with van der Waals surface area (Å²) in [6.45, 7) is 7.82. The SMILES string of the molecule is C=C(NCC(F)F)c1ccc(NC2CN(C3CCN(C)CC3)C2)cc1Cl. The molecular weight excluding hydrogens is 358 g/mol. The number of benzene rings is 1. The third kappa shape index (κ3) is 4.87. The molecule has 26 heavy (non-hydrogen) atoms. The molecule has 2 fully saturated rings. The van der Waals surface area contributed by atoms with E-state index in [-0.39, 0.29) is 0 Å². The van der Waals surface area contributed by atoms with Gasteiger partial charge in [0.05, 0.1) is 17.6 Å². The number of alkyl halides is 2. The smallest absolute Gasteiger partial charge is 0.255 e. The Hall–Kier alpha value is -1.37. The third-order valence-corrected chi connectivity index (χ3v) is 5.56. The Morgan fingerprint density at radius 3 is 2.62 bits per heavy atom. The summed E-state index contributed by atoms with van der Waals surface area (Å²) in [7, 11) is 2.18. The highest BCUT2D eigenvalue weighted by Crippen LogP contribution is 2.28. The van der Waals surface area contributed by atoms with Crippen LogP contribution in [0.15, 0.2) is 24.8 Å². The minimum atomic E-state index is -2.42. The number of anilines is 1. The van der Waals surface area contributed by atoms with Crippen LogP contribution in [0.5, 0.6) is 0 Å². The topological polar surface area (TPSA) is 30.5 Å². The molecule has 0 amide bonds. The first-order chi connectivity index (χ1) is 12.4. The van der Waals surface area contributed by atoms with Crippen LogP contribution in [0.1, 0.15) is 18.4 Å². The van der Waals surface area contributed by atoms with Crippen molar-refractivity contribution in [2.45, 2.75) is 31.4 Å². The quantitative estimate of drug-likeness (QED) is 0.754. The monoisotopic (exact) mass is 384 g/mol. The molecule has 0 radical (unpaired) electrons. The first kappa shape index (κ1) is 19.4. The standard InChI is InChI=1S/C19H27ClF2N4/c1-13(23-10-19(21)22)17-4-3-14(9-18(17)20)24-15-11-26(12-15)16-5-7-25(2)8-6-16/h3-4,9,15-16,19,23-24H,1,5-8,10-12H2,2H3. The fourth-order valence-corrected chi connectivity index (χ4v) is 3.94. The van der Waals surface area contributed by atoms with E-state index in [1.807, 2.05) is 18.2 Å². The molecule has 0 aromatic heterocycles. The summed E-state index contributed by atoms with van der Waals surface area (Å²) in [5.74, 6) is 0. The summed E-state index contributed by atoms with van der Waals surface area (Å²) >= 11 is 6.30. The van der Waals surface area contributed by atoms with Gasteiger partial charge in [0, 0.05) is 36.1 Å². The molecule has 0 spiro atoms. The summed E-state index contributed by atoms with van der Waals surface area (Å²) in [6.07, 6.45) is 0.0761. The highest BCUT2D eigenvalue weighted by atomic mass is 35.5. The van der Waals surface area contributed by atoms with Crippen LogP contribution >= 0.6 is 11.6 Å². The zero-order valence-corrected chi connectivity index (χ0v) is 15.9. The Morgan fingerprint density at radius 1 is 1.31 bits per heavy atom. The molecule has 7 heteroatoms. The Morgan fingerprint density at radius 2 is 2.00 bits per heavy atom. The molecule has 0 aliphatic carbocycles. The van der Waals surface area contributed by atoms with Crippen LogP contribution in [0.25, 0.3) is 5.70 Å². The van der Waals surface area contributed by atoms with Crippen molar-refractivity contribution < 1.29 is 8.78 Å². The van der Waals surface area contributed by atoms with Gasteiger partial charge >= 0.3 is 0 Å². The molecule has 2 heterocycles. The van der Waals surface area contributed by atoms with Gasteiger partial charge in [0.25, 0.3) is 6.43 Å². The molecule has 0 saturated carbocycles. The number of halogens is 3. The zero-order chi connectivity index (χ0) is 18.7. The second-order valence-electron chi connectivity index (χ2n) is 7.27. The average molecular weight is 385 g/mol. The summed E-state index contributed by atoms with van der Waals surface area (Å²) in [5.41, 5.74) is 2.02. The Kier molecular flexibility index (Phi) is 6.37. The van der Waals surface area contributed by atoms with Gasteiger partial charge in [-0.25, -0.2) is 8.78 Å². The van der Waals surface area contributed by atoms with Crippen molar-refractivity contribution in [2.24, 2.45) is 0 Å². The van der Waals surface area contributed by atoms with E-state index in [2.05, 4.69) is 34.1 Å². The second kappa shape index (κ2) is 8.55. The minimum Gasteiger partial charge on any atom is -0.380 e. The maximum atomic E-state index is 12.3. The van der Waals surface area contributed by atoms with Crippen molar-refractivity contribution in [1.29, 1.82) is 0 Å². The molecule has 1 aromatic rings. The lowest BCUT2D eigenvalue weighted by Gasteiger charge is -2.47. The van der Waals surface area contributed by atoms with Crippen LogP contribution in [0, 0.1) is 0 Å². The van der Waals surface area contributed by atoms with Gasteiger partial charge in [-0.05, 0) is 51.2 Å². The van der Waals surface area contributed by atoms with Crippen LogP contribution in [-0.4, -0.2) is 68.1 Å². The Balaban J connectivity index is 1.47. The molecule has 144 valence electrons. The zero-order valence-electron chi connectivity index (χ0n) is 15.1. The molecule has 0 unspecified atom stereocenters. The van der Waals surface area contributed by atoms with Gasteiger partial charge in [-0.1, -0.05) is 18.2 Å². The number of piperidine rings is 1. The van der Waals surface area contributed by atoms with E-state index in [0.29, 0.717) is 28.4 Å². The lowest BCUT2D eigenvalue weighted by atomic mass is 9.97. The van der Waals surface area contributed by atoms with Crippen molar-refractivity contribution in [3.05, 3.63) is 35.4 Å². The number of hydrogen-bond donors (Lipinski definition) is 2. The van der Waals surface area contributed by atoms with Crippen molar-refractivity contribution in [1.82, 2.24) is 15.1 Å². The number of nitrogens with zero attached hydrogens (tertiary/aromatic N) is 2. The lowest BCUT2D eigenvalue weighted by Crippen LogP contribution is -2.60. The fraction of sp³-hybridized carbons (Fsp3) is 0.579. The van der Waals surface area contributed by atoms with E-state index in [1.165, 1.54) is 25.9 Å². The molecule has 1 aromatic carbocycles. The van der Waals surface area contributed by atoms with Gasteiger partial charge in [0.1, 0.15) is 0 Å². The van der Waals surface area contributed by atoms with E-state index < -0.39 is 13.0 Å². The van der Waals surface area contributed by atoms with Gasteiger partial charge < -0.3 is 15.5 Å². The second-order valence-corrected chi connectivity index (χ2v) is 7.68. The van der Waals surface area contributed by atoms with Crippen molar-refractivity contribution in [3.63, 3.8) is 0 Å². The van der Waals surface area contributed by atoms with Gasteiger partial charge in [-0.15, -0.1) is 0 Å². The van der Waals surface area contributed by atoms with Crippen LogP contribution in [0.4, 0.5) is 14.5 Å². The number of hydrogen-bond acceptors (Lipinski definition) is 4. The van der Waals surface area contributed by atoms with Crippen molar-refractivity contribution in [3.8, 4) is 0 Å². The predicted octanol–water partition coefficient (Wildman–Crippen LogP) is 3.36. The Bertz CT molecular complexity index is 626. The number of nitrogens with one attached hydrogen (secondary N) is 2. The molecule has 2 N–H and O–H groups in total. The largest absolute Gasteiger partial charge is 0.380 e. The normalized spacial score (nSPS) is 20.2. The third-order valence-electron chi connectivity index (χ3n) is 5.25. The van der Waals surface area contributed by atoms with Crippen LogP contribution in [0.3, 0.4) is 0 Å². The Labute approximate surface area is 159 Å². The molecule has 4 nitrogen and oxygen atoms in total. The molecule has 2 saturated heterocycles. The highest BCUT2D eigenvalue weighted by Gasteiger charge is 2.33. The molecule has 2 aliphatic rings. The van der Waals surface area contributed by atoms with E-state index in [1.54, 1.807) is 0 Å². The van der Waals surface area contributed by atoms with Gasteiger partial charge in [0.2, 0.25) is 0 Å². The lowest BCUT2D eigenvalue weighted by molar-refractivity contribution is 0.0607. The van der Waals surface area contributed by atoms with Crippen molar-refractivity contribution >= 4 is 23.0 Å².